The van der Waals surface area contributed by atoms with Crippen LogP contribution in [0.25, 0.3) is 0 Å². The van der Waals surface area contributed by atoms with Gasteiger partial charge in [0.15, 0.2) is 0 Å². The zero-order valence-electron chi connectivity index (χ0n) is 8.16. The first kappa shape index (κ1) is 12.8. The molecule has 0 aromatic carbocycles. The van der Waals surface area contributed by atoms with Crippen LogP contribution < -0.4 is 16.7 Å². The first-order valence-electron chi connectivity index (χ1n) is 4.05. The van der Waals surface area contributed by atoms with E-state index in [1.807, 2.05) is 0 Å². The average molecular weight is 218 g/mol. The van der Waals surface area contributed by atoms with Crippen LogP contribution in [0.5, 0.6) is 0 Å². The molecular formula is C7H14N4O2S. The van der Waals surface area contributed by atoms with Crippen molar-refractivity contribution in [2.75, 3.05) is 6.61 Å². The van der Waals surface area contributed by atoms with E-state index in [-0.39, 0.29) is 17.5 Å². The van der Waals surface area contributed by atoms with E-state index < -0.39 is 0 Å². The molecule has 0 aliphatic carbocycles. The summed E-state index contributed by atoms with van der Waals surface area (Å²) < 4.78 is 4.72. The fourth-order valence-electron chi connectivity index (χ4n) is 0.639. The summed E-state index contributed by atoms with van der Waals surface area (Å²) >= 11 is 4.67. The van der Waals surface area contributed by atoms with Gasteiger partial charge in [-0.3, -0.25) is 15.6 Å². The molecule has 0 saturated heterocycles. The lowest BCUT2D eigenvalue weighted by Crippen LogP contribution is -2.37. The summed E-state index contributed by atoms with van der Waals surface area (Å²) in [5.74, 6) is 4.68. The zero-order chi connectivity index (χ0) is 11.0. The molecule has 0 radical (unpaired) electrons. The van der Waals surface area contributed by atoms with Crippen LogP contribution in [0.2, 0.25) is 0 Å². The number of hydrogen-bond donors (Lipinski definition) is 3. The molecule has 6 nitrogen and oxygen atoms in total. The molecule has 14 heavy (non-hydrogen) atoms. The second kappa shape index (κ2) is 7.22. The summed E-state index contributed by atoms with van der Waals surface area (Å²) in [6.07, 6.45) is 0.133. The fraction of sp³-hybridized carbons (Fsp3) is 0.571. The van der Waals surface area contributed by atoms with Gasteiger partial charge in [-0.15, -0.1) is 0 Å². The number of nitrogens with one attached hydrogen (secondary N) is 2. The van der Waals surface area contributed by atoms with E-state index >= 15 is 0 Å². The van der Waals surface area contributed by atoms with Gasteiger partial charge in [0.2, 0.25) is 5.11 Å². The van der Waals surface area contributed by atoms with Crippen molar-refractivity contribution in [3.05, 3.63) is 0 Å². The van der Waals surface area contributed by atoms with Gasteiger partial charge >= 0.3 is 5.97 Å². The summed E-state index contributed by atoms with van der Waals surface area (Å²) in [7, 11) is 0. The van der Waals surface area contributed by atoms with Crippen molar-refractivity contribution in [2.24, 2.45) is 10.9 Å². The minimum absolute atomic E-state index is 0.133. The Hall–Kier alpha value is -1.21. The molecule has 0 aliphatic rings. The number of hydrazone groups is 1. The summed E-state index contributed by atoms with van der Waals surface area (Å²) in [5, 5.41) is 3.99. The quantitative estimate of drug-likeness (QED) is 0.196. The third-order valence-corrected chi connectivity index (χ3v) is 1.39. The summed E-state index contributed by atoms with van der Waals surface area (Å²) in [4.78, 5) is 11.0. The van der Waals surface area contributed by atoms with Gasteiger partial charge in [-0.25, -0.2) is 5.84 Å². The van der Waals surface area contributed by atoms with E-state index in [4.69, 9.17) is 10.6 Å². The van der Waals surface area contributed by atoms with Crippen molar-refractivity contribution in [1.29, 1.82) is 0 Å². The number of rotatable bonds is 4. The molecule has 0 unspecified atom stereocenters. The first-order valence-corrected chi connectivity index (χ1v) is 4.46. The van der Waals surface area contributed by atoms with Crippen LogP contribution in [-0.2, 0) is 9.53 Å². The summed E-state index contributed by atoms with van der Waals surface area (Å²) in [5.41, 5.74) is 5.22. The number of hydrazine groups is 1. The SMILES string of the molecule is CCOC(=O)CC(C)=NNC(=S)NN. The van der Waals surface area contributed by atoms with Gasteiger partial charge in [0.1, 0.15) is 0 Å². The van der Waals surface area contributed by atoms with E-state index in [9.17, 15) is 4.79 Å². The second-order valence-corrected chi connectivity index (χ2v) is 2.82. The summed E-state index contributed by atoms with van der Waals surface area (Å²) in [6.45, 7) is 3.79. The molecule has 80 valence electrons. The second-order valence-electron chi connectivity index (χ2n) is 2.41. The Kier molecular flexibility index (Phi) is 6.59. The van der Waals surface area contributed by atoms with Gasteiger partial charge < -0.3 is 4.74 Å². The van der Waals surface area contributed by atoms with Crippen LogP contribution in [0, 0.1) is 0 Å². The Balaban J connectivity index is 3.88. The van der Waals surface area contributed by atoms with Crippen molar-refractivity contribution in [1.82, 2.24) is 10.9 Å². The molecule has 0 saturated carbocycles. The Morgan fingerprint density at radius 2 is 2.29 bits per heavy atom. The van der Waals surface area contributed by atoms with Gasteiger partial charge in [-0.05, 0) is 26.1 Å². The highest BCUT2D eigenvalue weighted by Gasteiger charge is 2.03. The molecule has 0 fully saturated rings. The van der Waals surface area contributed by atoms with Gasteiger partial charge in [0, 0.05) is 5.71 Å². The molecule has 0 bridgehead atoms. The maximum atomic E-state index is 11.0. The largest absolute Gasteiger partial charge is 0.466 e. The maximum Gasteiger partial charge on any atom is 0.311 e. The highest BCUT2D eigenvalue weighted by atomic mass is 32.1. The lowest BCUT2D eigenvalue weighted by atomic mass is 10.3. The Morgan fingerprint density at radius 3 is 2.79 bits per heavy atom. The Morgan fingerprint density at radius 1 is 1.64 bits per heavy atom. The number of hydrogen-bond acceptors (Lipinski definition) is 5. The van der Waals surface area contributed by atoms with Crippen LogP contribution in [-0.4, -0.2) is 23.4 Å². The predicted molar refractivity (Wildman–Crippen MR) is 57.4 cm³/mol. The monoisotopic (exact) mass is 218 g/mol. The van der Waals surface area contributed by atoms with Crippen LogP contribution in [0.4, 0.5) is 0 Å². The number of nitrogens with zero attached hydrogens (tertiary/aromatic N) is 1. The minimum atomic E-state index is -0.317. The number of ether oxygens (including phenoxy) is 1. The number of nitrogens with two attached hydrogens (primary N) is 1. The van der Waals surface area contributed by atoms with Crippen molar-refractivity contribution >= 4 is 29.0 Å². The smallest absolute Gasteiger partial charge is 0.311 e. The molecule has 0 aliphatic heterocycles. The van der Waals surface area contributed by atoms with E-state index in [1.165, 1.54) is 0 Å². The van der Waals surface area contributed by atoms with Gasteiger partial charge in [-0.1, -0.05) is 0 Å². The third-order valence-electron chi connectivity index (χ3n) is 1.18. The van der Waals surface area contributed by atoms with E-state index in [2.05, 4.69) is 28.2 Å². The third kappa shape index (κ3) is 6.32. The molecule has 0 atom stereocenters. The van der Waals surface area contributed by atoms with Gasteiger partial charge in [0.25, 0.3) is 0 Å². The molecule has 7 heteroatoms. The van der Waals surface area contributed by atoms with Crippen molar-refractivity contribution in [2.45, 2.75) is 20.3 Å². The normalized spacial score (nSPS) is 10.6. The molecular weight excluding hydrogens is 204 g/mol. The highest BCUT2D eigenvalue weighted by molar-refractivity contribution is 7.80. The predicted octanol–water partition coefficient (Wildman–Crippen LogP) is -0.347. The van der Waals surface area contributed by atoms with E-state index in [0.717, 1.165) is 0 Å². The van der Waals surface area contributed by atoms with Crippen molar-refractivity contribution in [3.8, 4) is 0 Å². The Labute approximate surface area is 87.8 Å². The van der Waals surface area contributed by atoms with E-state index in [0.29, 0.717) is 12.3 Å². The molecule has 0 amide bonds. The van der Waals surface area contributed by atoms with Crippen molar-refractivity contribution < 1.29 is 9.53 Å². The lowest BCUT2D eigenvalue weighted by molar-refractivity contribution is -0.141. The average Bonchev–Trinajstić information content (AvgIpc) is 2.14. The van der Waals surface area contributed by atoms with Crippen LogP contribution in [0.1, 0.15) is 20.3 Å². The van der Waals surface area contributed by atoms with Crippen LogP contribution >= 0.6 is 12.2 Å². The van der Waals surface area contributed by atoms with Gasteiger partial charge in [-0.2, -0.15) is 5.10 Å². The number of carbonyl (C=O) groups is 1. The van der Waals surface area contributed by atoms with Gasteiger partial charge in [0.05, 0.1) is 13.0 Å². The Bertz CT molecular complexity index is 242. The lowest BCUT2D eigenvalue weighted by Gasteiger charge is -2.03. The summed E-state index contributed by atoms with van der Waals surface area (Å²) in [6, 6.07) is 0. The molecule has 0 rings (SSSR count). The number of esters is 1. The molecule has 0 aromatic heterocycles. The topological polar surface area (TPSA) is 88.7 Å². The maximum absolute atomic E-state index is 11.0. The fourth-order valence-corrected chi connectivity index (χ4v) is 0.685. The van der Waals surface area contributed by atoms with Crippen LogP contribution in [0.15, 0.2) is 5.10 Å². The first-order chi connectivity index (χ1) is 6.60. The molecule has 4 N–H and O–H groups in total. The number of carbonyl (C=O) groups excluding carboxylic acids is 1. The molecule has 0 aromatic rings. The standard InChI is InChI=1S/C7H14N4O2S/c1-3-13-6(12)4-5(2)10-11-7(14)9-8/h3-4,8H2,1-2H3,(H2,9,11,14). The zero-order valence-corrected chi connectivity index (χ0v) is 8.98. The van der Waals surface area contributed by atoms with E-state index in [1.54, 1.807) is 13.8 Å². The molecule has 0 heterocycles. The van der Waals surface area contributed by atoms with Crippen LogP contribution in [0.3, 0.4) is 0 Å². The highest BCUT2D eigenvalue weighted by Crippen LogP contribution is 1.89. The minimum Gasteiger partial charge on any atom is -0.466 e. The molecule has 0 spiro atoms. The number of thiocarbonyl (C=S) groups is 1. The van der Waals surface area contributed by atoms with Crippen molar-refractivity contribution in [3.63, 3.8) is 0 Å².